The normalized spacial score (nSPS) is 39.4. The number of hydrogen-bond donors (Lipinski definition) is 1. The van der Waals surface area contributed by atoms with Crippen LogP contribution in [-0.2, 0) is 21.4 Å². The zero-order valence-electron chi connectivity index (χ0n) is 14.1. The van der Waals surface area contributed by atoms with Crippen LogP contribution in [-0.4, -0.2) is 55.1 Å². The number of hydrogen-bond acceptors (Lipinski definition) is 5. The van der Waals surface area contributed by atoms with Crippen LogP contribution in [0.4, 0.5) is 0 Å². The summed E-state index contributed by atoms with van der Waals surface area (Å²) in [6, 6.07) is 3.91. The minimum absolute atomic E-state index is 0.0660. The molecule has 0 saturated carbocycles. The lowest BCUT2D eigenvalue weighted by atomic mass is 9.69. The molecule has 24 heavy (non-hydrogen) atoms. The Kier molecular flexibility index (Phi) is 2.92. The Morgan fingerprint density at radius 2 is 2.21 bits per heavy atom. The minimum Gasteiger partial charge on any atom is -0.504 e. The van der Waals surface area contributed by atoms with Crippen LogP contribution >= 0.6 is 0 Å². The molecule has 4 atom stereocenters. The number of morpholine rings is 1. The Morgan fingerprint density at radius 1 is 1.33 bits per heavy atom. The van der Waals surface area contributed by atoms with Crippen LogP contribution in [0.1, 0.15) is 24.0 Å². The predicted octanol–water partition coefficient (Wildman–Crippen LogP) is 1.97. The van der Waals surface area contributed by atoms with Gasteiger partial charge in [-0.05, 0) is 48.7 Å². The van der Waals surface area contributed by atoms with Crippen molar-refractivity contribution in [3.8, 4) is 11.5 Å². The molecule has 2 saturated heterocycles. The first-order valence-corrected chi connectivity index (χ1v) is 8.70. The average Bonchev–Trinajstić information content (AvgIpc) is 3.25. The Labute approximate surface area is 141 Å². The summed E-state index contributed by atoms with van der Waals surface area (Å²) in [5.41, 5.74) is 1.93. The van der Waals surface area contributed by atoms with Gasteiger partial charge in [0, 0.05) is 20.1 Å². The first-order chi connectivity index (χ1) is 11.6. The molecule has 3 aliphatic heterocycles. The van der Waals surface area contributed by atoms with Gasteiger partial charge in [0.2, 0.25) is 0 Å². The number of phenolic OH excluding ortho intramolecular Hbond substituents is 1. The molecule has 0 bridgehead atoms. The van der Waals surface area contributed by atoms with Gasteiger partial charge in [0.05, 0.1) is 18.8 Å². The molecule has 5 heteroatoms. The summed E-state index contributed by atoms with van der Waals surface area (Å²) >= 11 is 0. The number of aryl methyl sites for hydroxylation is 1. The van der Waals surface area contributed by atoms with E-state index in [4.69, 9.17) is 14.2 Å². The third kappa shape index (κ3) is 1.60. The average molecular weight is 329 g/mol. The number of rotatable bonds is 2. The van der Waals surface area contributed by atoms with E-state index in [0.29, 0.717) is 5.75 Å². The summed E-state index contributed by atoms with van der Waals surface area (Å²) < 4.78 is 17.2. The van der Waals surface area contributed by atoms with Crippen LogP contribution in [0, 0.1) is 0 Å². The van der Waals surface area contributed by atoms with Crippen molar-refractivity contribution in [1.29, 1.82) is 0 Å². The molecule has 0 amide bonds. The maximum Gasteiger partial charge on any atom is 0.160 e. The van der Waals surface area contributed by atoms with E-state index in [9.17, 15) is 5.11 Å². The van der Waals surface area contributed by atoms with Gasteiger partial charge in [-0.1, -0.05) is 6.08 Å². The monoisotopic (exact) mass is 329 g/mol. The highest BCUT2D eigenvalue weighted by Crippen LogP contribution is 2.65. The van der Waals surface area contributed by atoms with Crippen molar-refractivity contribution in [2.24, 2.45) is 0 Å². The number of nitrogens with zero attached hydrogens (tertiary/aromatic N) is 1. The van der Waals surface area contributed by atoms with Crippen LogP contribution in [0.2, 0.25) is 0 Å². The van der Waals surface area contributed by atoms with E-state index in [1.54, 1.807) is 14.2 Å². The lowest BCUT2D eigenvalue weighted by molar-refractivity contribution is -0.0222. The van der Waals surface area contributed by atoms with Gasteiger partial charge in [-0.2, -0.15) is 0 Å². The number of epoxide rings is 1. The maximum absolute atomic E-state index is 10.5. The van der Waals surface area contributed by atoms with Crippen LogP contribution < -0.4 is 4.74 Å². The lowest BCUT2D eigenvalue weighted by Gasteiger charge is -2.47. The Bertz CT molecular complexity index is 732. The molecular formula is C19H23NO4. The fourth-order valence-electron chi connectivity index (χ4n) is 5.28. The molecule has 5 rings (SSSR count). The molecular weight excluding hydrogens is 306 g/mol. The van der Waals surface area contributed by atoms with Crippen molar-refractivity contribution >= 4 is 0 Å². The molecule has 0 unspecified atom stereocenters. The minimum atomic E-state index is -0.262. The largest absolute Gasteiger partial charge is 0.504 e. The van der Waals surface area contributed by atoms with Gasteiger partial charge in [-0.25, -0.2) is 0 Å². The van der Waals surface area contributed by atoms with E-state index >= 15 is 0 Å². The number of ether oxygens (including phenoxy) is 3. The van der Waals surface area contributed by atoms with Gasteiger partial charge in [-0.15, -0.1) is 0 Å². The van der Waals surface area contributed by atoms with Gasteiger partial charge in [-0.3, -0.25) is 4.90 Å². The van der Waals surface area contributed by atoms with E-state index in [-0.39, 0.29) is 29.1 Å². The SMILES string of the molecule is COc1cc2c(cc1O)[C@]13C[C@@H](OC)C=C[C@]14O[C@@H]4CN3CCC2. The summed E-state index contributed by atoms with van der Waals surface area (Å²) in [7, 11) is 3.36. The second kappa shape index (κ2) is 4.75. The first kappa shape index (κ1) is 14.8. The topological polar surface area (TPSA) is 54.5 Å². The predicted molar refractivity (Wildman–Crippen MR) is 88.4 cm³/mol. The molecule has 0 aromatic heterocycles. The lowest BCUT2D eigenvalue weighted by Crippen LogP contribution is -2.54. The summed E-state index contributed by atoms with van der Waals surface area (Å²) in [5.74, 6) is 0.754. The van der Waals surface area contributed by atoms with Crippen molar-refractivity contribution in [2.75, 3.05) is 27.3 Å². The van der Waals surface area contributed by atoms with Gasteiger partial charge in [0.1, 0.15) is 11.7 Å². The highest BCUT2D eigenvalue weighted by Gasteiger charge is 2.77. The van der Waals surface area contributed by atoms with Crippen molar-refractivity contribution in [3.63, 3.8) is 0 Å². The van der Waals surface area contributed by atoms with Crippen LogP contribution in [0.25, 0.3) is 0 Å². The summed E-state index contributed by atoms with van der Waals surface area (Å²) in [6.45, 7) is 2.00. The summed E-state index contributed by atoms with van der Waals surface area (Å²) in [5, 5.41) is 10.5. The quantitative estimate of drug-likeness (QED) is 0.664. The van der Waals surface area contributed by atoms with Crippen LogP contribution in [0.3, 0.4) is 0 Å². The van der Waals surface area contributed by atoms with Gasteiger partial charge in [0.15, 0.2) is 11.5 Å². The highest BCUT2D eigenvalue weighted by molar-refractivity contribution is 5.55. The highest BCUT2D eigenvalue weighted by atomic mass is 16.6. The molecule has 2 fully saturated rings. The molecule has 128 valence electrons. The molecule has 1 aromatic rings. The molecule has 1 N–H and O–H groups in total. The van der Waals surface area contributed by atoms with E-state index in [1.165, 1.54) is 11.1 Å². The smallest absolute Gasteiger partial charge is 0.160 e. The Hall–Kier alpha value is -1.56. The molecule has 2 spiro atoms. The second-order valence-corrected chi connectivity index (χ2v) is 7.33. The summed E-state index contributed by atoms with van der Waals surface area (Å²) in [4.78, 5) is 2.56. The third-order valence-electron chi connectivity index (χ3n) is 6.41. The molecule has 1 aromatic carbocycles. The molecule has 1 aliphatic carbocycles. The van der Waals surface area contributed by atoms with Gasteiger partial charge in [0.25, 0.3) is 0 Å². The zero-order chi connectivity index (χ0) is 16.5. The number of benzene rings is 1. The molecule has 0 radical (unpaired) electrons. The second-order valence-electron chi connectivity index (χ2n) is 7.33. The number of methoxy groups -OCH3 is 2. The number of fused-ring (bicyclic) bond motifs is 1. The molecule has 5 nitrogen and oxygen atoms in total. The standard InChI is InChI=1S/C19H23NO4/c1-22-13-5-6-19-17(24-19)11-20-7-3-4-12-8-16(23-2)15(21)9-14(12)18(19,20)10-13/h5-6,8-9,13,17,21H,3-4,7,10-11H2,1-2H3/t13-,17+,18+,19+/m0/s1. The van der Waals surface area contributed by atoms with Gasteiger partial charge >= 0.3 is 0 Å². The molecule has 4 aliphatic rings. The van der Waals surface area contributed by atoms with E-state index in [0.717, 1.165) is 32.4 Å². The Morgan fingerprint density at radius 3 is 3.00 bits per heavy atom. The Balaban J connectivity index is 1.75. The van der Waals surface area contributed by atoms with Crippen LogP contribution in [0.15, 0.2) is 24.3 Å². The van der Waals surface area contributed by atoms with Crippen LogP contribution in [0.5, 0.6) is 11.5 Å². The zero-order valence-corrected chi connectivity index (χ0v) is 14.1. The van der Waals surface area contributed by atoms with E-state index in [2.05, 4.69) is 17.1 Å². The first-order valence-electron chi connectivity index (χ1n) is 8.70. The van der Waals surface area contributed by atoms with Crippen molar-refractivity contribution in [1.82, 2.24) is 4.90 Å². The van der Waals surface area contributed by atoms with Crippen molar-refractivity contribution in [2.45, 2.75) is 42.6 Å². The third-order valence-corrected chi connectivity index (χ3v) is 6.41. The van der Waals surface area contributed by atoms with E-state index in [1.807, 2.05) is 12.1 Å². The maximum atomic E-state index is 10.5. The van der Waals surface area contributed by atoms with Crippen molar-refractivity contribution < 1.29 is 19.3 Å². The molecule has 3 heterocycles. The number of phenols is 1. The number of aromatic hydroxyl groups is 1. The fourth-order valence-corrected chi connectivity index (χ4v) is 5.28. The van der Waals surface area contributed by atoms with E-state index < -0.39 is 0 Å². The fraction of sp³-hybridized carbons (Fsp3) is 0.579. The summed E-state index contributed by atoms with van der Waals surface area (Å²) in [6.07, 6.45) is 7.63. The van der Waals surface area contributed by atoms with Crippen molar-refractivity contribution in [3.05, 3.63) is 35.4 Å². The van der Waals surface area contributed by atoms with Gasteiger partial charge < -0.3 is 19.3 Å².